The third-order valence-corrected chi connectivity index (χ3v) is 3.34. The summed E-state index contributed by atoms with van der Waals surface area (Å²) in [7, 11) is 0. The molecule has 0 heterocycles. The molecule has 4 heteroatoms. The predicted octanol–water partition coefficient (Wildman–Crippen LogP) is 3.01. The van der Waals surface area contributed by atoms with Crippen LogP contribution in [0.25, 0.3) is 0 Å². The summed E-state index contributed by atoms with van der Waals surface area (Å²) in [4.78, 5) is 22.8. The molecule has 0 atom stereocenters. The van der Waals surface area contributed by atoms with E-state index in [0.29, 0.717) is 6.61 Å². The van der Waals surface area contributed by atoms with Gasteiger partial charge in [0.05, 0.1) is 6.61 Å². The van der Waals surface area contributed by atoms with Crippen molar-refractivity contribution in [2.24, 2.45) is 5.92 Å². The van der Waals surface area contributed by atoms with Crippen molar-refractivity contribution in [1.29, 1.82) is 0 Å². The van der Waals surface area contributed by atoms with Gasteiger partial charge in [0.2, 0.25) is 0 Å². The van der Waals surface area contributed by atoms with E-state index in [2.05, 4.69) is 6.92 Å². The second-order valence-corrected chi connectivity index (χ2v) is 5.17. The highest BCUT2D eigenvalue weighted by Crippen LogP contribution is 2.25. The number of rotatable bonds is 6. The lowest BCUT2D eigenvalue weighted by Gasteiger charge is -2.25. The molecule has 0 radical (unpaired) electrons. The molecule has 1 fully saturated rings. The van der Waals surface area contributed by atoms with Crippen molar-refractivity contribution in [2.75, 3.05) is 6.61 Å². The van der Waals surface area contributed by atoms with Gasteiger partial charge in [-0.2, -0.15) is 0 Å². The maximum Gasteiger partial charge on any atom is 0.331 e. The summed E-state index contributed by atoms with van der Waals surface area (Å²) in [6.45, 7) is 4.63. The van der Waals surface area contributed by atoms with Crippen LogP contribution in [0.1, 0.15) is 52.4 Å². The van der Waals surface area contributed by atoms with Crippen LogP contribution in [0.2, 0.25) is 0 Å². The zero-order valence-electron chi connectivity index (χ0n) is 11.9. The monoisotopic (exact) mass is 268 g/mol. The van der Waals surface area contributed by atoms with Gasteiger partial charge in [-0.15, -0.1) is 0 Å². The van der Waals surface area contributed by atoms with E-state index in [9.17, 15) is 9.59 Å². The molecule has 1 saturated carbocycles. The molecule has 19 heavy (non-hydrogen) atoms. The van der Waals surface area contributed by atoms with Crippen LogP contribution in [0.15, 0.2) is 12.2 Å². The van der Waals surface area contributed by atoms with Crippen molar-refractivity contribution in [3.05, 3.63) is 12.2 Å². The van der Waals surface area contributed by atoms with Gasteiger partial charge in [-0.1, -0.05) is 20.3 Å². The molecule has 0 saturated heterocycles. The van der Waals surface area contributed by atoms with Gasteiger partial charge in [0.25, 0.3) is 0 Å². The maximum atomic E-state index is 11.5. The molecule has 1 aliphatic carbocycles. The number of hydrogen-bond donors (Lipinski definition) is 0. The van der Waals surface area contributed by atoms with Crippen LogP contribution in [0.4, 0.5) is 0 Å². The summed E-state index contributed by atoms with van der Waals surface area (Å²) in [6, 6.07) is 0. The molecule has 1 aliphatic rings. The number of carbonyl (C=O) groups excluding carboxylic acids is 2. The molecular formula is C15H24O4. The molecule has 0 aromatic rings. The number of ether oxygens (including phenoxy) is 2. The minimum atomic E-state index is -0.484. The molecule has 0 aliphatic heterocycles. The first kappa shape index (κ1) is 15.7. The normalized spacial score (nSPS) is 23.3. The van der Waals surface area contributed by atoms with Gasteiger partial charge in [0.15, 0.2) is 0 Å². The van der Waals surface area contributed by atoms with Crippen LogP contribution in [-0.4, -0.2) is 24.6 Å². The summed E-state index contributed by atoms with van der Waals surface area (Å²) in [5.74, 6) is -0.214. The number of esters is 2. The smallest absolute Gasteiger partial charge is 0.331 e. The summed E-state index contributed by atoms with van der Waals surface area (Å²) in [5.41, 5.74) is 0. The van der Waals surface area contributed by atoms with E-state index < -0.39 is 11.9 Å². The van der Waals surface area contributed by atoms with Crippen LogP contribution >= 0.6 is 0 Å². The first-order valence-electron chi connectivity index (χ1n) is 7.17. The van der Waals surface area contributed by atoms with Crippen LogP contribution < -0.4 is 0 Å². The van der Waals surface area contributed by atoms with Gasteiger partial charge in [0, 0.05) is 12.2 Å². The van der Waals surface area contributed by atoms with Crippen LogP contribution in [0.3, 0.4) is 0 Å². The van der Waals surface area contributed by atoms with E-state index in [1.807, 2.05) is 6.92 Å². The first-order chi connectivity index (χ1) is 9.11. The minimum absolute atomic E-state index is 0.00413. The Kier molecular flexibility index (Phi) is 7.23. The van der Waals surface area contributed by atoms with Gasteiger partial charge in [0.1, 0.15) is 6.10 Å². The van der Waals surface area contributed by atoms with Crippen LogP contribution in [-0.2, 0) is 19.1 Å². The molecule has 0 spiro atoms. The van der Waals surface area contributed by atoms with Crippen molar-refractivity contribution in [3.63, 3.8) is 0 Å². The lowest BCUT2D eigenvalue weighted by Crippen LogP contribution is -2.22. The summed E-state index contributed by atoms with van der Waals surface area (Å²) in [6.07, 6.45) is 8.15. The third kappa shape index (κ3) is 6.99. The lowest BCUT2D eigenvalue weighted by molar-refractivity contribution is -0.145. The fraction of sp³-hybridized carbons (Fsp3) is 0.733. The predicted molar refractivity (Wildman–Crippen MR) is 72.5 cm³/mol. The second kappa shape index (κ2) is 8.73. The van der Waals surface area contributed by atoms with Crippen LogP contribution in [0.5, 0.6) is 0 Å². The highest BCUT2D eigenvalue weighted by Gasteiger charge is 2.20. The van der Waals surface area contributed by atoms with E-state index in [-0.39, 0.29) is 6.10 Å². The Morgan fingerprint density at radius 3 is 2.37 bits per heavy atom. The van der Waals surface area contributed by atoms with Gasteiger partial charge >= 0.3 is 11.9 Å². The number of unbranched alkanes of at least 4 members (excludes halogenated alkanes) is 1. The van der Waals surface area contributed by atoms with E-state index in [0.717, 1.165) is 56.6 Å². The molecule has 0 aromatic carbocycles. The maximum absolute atomic E-state index is 11.5. The zero-order chi connectivity index (χ0) is 14.1. The van der Waals surface area contributed by atoms with Crippen molar-refractivity contribution >= 4 is 11.9 Å². The Hall–Kier alpha value is -1.32. The van der Waals surface area contributed by atoms with Crippen molar-refractivity contribution in [3.8, 4) is 0 Å². The lowest BCUT2D eigenvalue weighted by atomic mass is 9.89. The number of carbonyl (C=O) groups is 2. The largest absolute Gasteiger partial charge is 0.463 e. The quantitative estimate of drug-likeness (QED) is 0.422. The summed E-state index contributed by atoms with van der Waals surface area (Å²) >= 11 is 0. The average Bonchev–Trinajstić information content (AvgIpc) is 2.39. The molecule has 0 aromatic heterocycles. The average molecular weight is 268 g/mol. The molecule has 1 rings (SSSR count). The Morgan fingerprint density at radius 2 is 1.74 bits per heavy atom. The molecule has 0 amide bonds. The minimum Gasteiger partial charge on any atom is -0.463 e. The van der Waals surface area contributed by atoms with Crippen molar-refractivity contribution < 1.29 is 19.1 Å². The van der Waals surface area contributed by atoms with Crippen LogP contribution in [0, 0.1) is 5.92 Å². The Balaban J connectivity index is 2.21. The highest BCUT2D eigenvalue weighted by atomic mass is 16.5. The molecule has 0 bridgehead atoms. The fourth-order valence-corrected chi connectivity index (χ4v) is 2.05. The SMILES string of the molecule is CCCCOC(=O)/C=C/C(=O)OC1CCC(C)CC1. The highest BCUT2D eigenvalue weighted by molar-refractivity contribution is 5.91. The Morgan fingerprint density at radius 1 is 1.11 bits per heavy atom. The number of hydrogen-bond acceptors (Lipinski definition) is 4. The third-order valence-electron chi connectivity index (χ3n) is 3.34. The summed E-state index contributed by atoms with van der Waals surface area (Å²) in [5, 5.41) is 0. The van der Waals surface area contributed by atoms with Crippen molar-refractivity contribution in [2.45, 2.75) is 58.5 Å². The summed E-state index contributed by atoms with van der Waals surface area (Å²) < 4.78 is 10.2. The molecule has 108 valence electrons. The van der Waals surface area contributed by atoms with Gasteiger partial charge in [-0.3, -0.25) is 0 Å². The molecule has 0 N–H and O–H groups in total. The first-order valence-corrected chi connectivity index (χ1v) is 7.17. The van der Waals surface area contributed by atoms with E-state index >= 15 is 0 Å². The van der Waals surface area contributed by atoms with E-state index in [1.165, 1.54) is 0 Å². The Labute approximate surface area is 115 Å². The van der Waals surface area contributed by atoms with Gasteiger partial charge in [-0.25, -0.2) is 9.59 Å². The topological polar surface area (TPSA) is 52.6 Å². The molecule has 4 nitrogen and oxygen atoms in total. The van der Waals surface area contributed by atoms with E-state index in [1.54, 1.807) is 0 Å². The van der Waals surface area contributed by atoms with E-state index in [4.69, 9.17) is 9.47 Å². The molecular weight excluding hydrogens is 244 g/mol. The fourth-order valence-electron chi connectivity index (χ4n) is 2.05. The van der Waals surface area contributed by atoms with Gasteiger partial charge < -0.3 is 9.47 Å². The Bertz CT molecular complexity index is 314. The van der Waals surface area contributed by atoms with Crippen molar-refractivity contribution in [1.82, 2.24) is 0 Å². The second-order valence-electron chi connectivity index (χ2n) is 5.17. The zero-order valence-corrected chi connectivity index (χ0v) is 11.9. The standard InChI is InChI=1S/C15H24O4/c1-3-4-11-18-14(16)9-10-15(17)19-13-7-5-12(2)6-8-13/h9-10,12-13H,3-8,11H2,1-2H3/b10-9+. The van der Waals surface area contributed by atoms with Gasteiger partial charge in [-0.05, 0) is 38.0 Å². The molecule has 0 unspecified atom stereocenters.